The first-order chi connectivity index (χ1) is 17.2. The largest absolute Gasteiger partial charge is 0.417 e. The van der Waals surface area contributed by atoms with E-state index in [4.69, 9.17) is 21.6 Å². The predicted molar refractivity (Wildman–Crippen MR) is 130 cm³/mol. The van der Waals surface area contributed by atoms with E-state index in [1.165, 1.54) is 12.1 Å². The minimum absolute atomic E-state index is 0.00382. The molecule has 1 amide bonds. The first-order valence-electron chi connectivity index (χ1n) is 11.9. The molecule has 0 spiro atoms. The van der Waals surface area contributed by atoms with Crippen molar-refractivity contribution in [2.24, 2.45) is 0 Å². The number of benzene rings is 1. The van der Waals surface area contributed by atoms with Crippen molar-refractivity contribution in [2.45, 2.75) is 44.0 Å². The first kappa shape index (κ1) is 26.0. The molecule has 1 N–H and O–H groups in total. The highest BCUT2D eigenvalue weighted by Gasteiger charge is 2.34. The number of nitrogens with zero attached hydrogens (tertiary/aromatic N) is 4. The van der Waals surface area contributed by atoms with Crippen LogP contribution in [0.3, 0.4) is 0 Å². The molecule has 4 rings (SSSR count). The molecule has 1 saturated heterocycles. The number of pyridine rings is 1. The SMILES string of the molecule is N#Cc1ccc(N[C@H]2CC[C@H](OCC(=O)N3CCN(c4ccc(Cl)cn4)CC3)CC2)cc1C(F)(F)F. The molecule has 1 aliphatic heterocycles. The third-order valence-corrected chi connectivity index (χ3v) is 6.82. The fourth-order valence-corrected chi connectivity index (χ4v) is 4.71. The Balaban J connectivity index is 1.19. The number of aromatic nitrogens is 1. The molecule has 36 heavy (non-hydrogen) atoms. The van der Waals surface area contributed by atoms with E-state index in [-0.39, 0.29) is 24.7 Å². The topological polar surface area (TPSA) is 81.5 Å². The van der Waals surface area contributed by atoms with Gasteiger partial charge in [0.1, 0.15) is 12.4 Å². The summed E-state index contributed by atoms with van der Waals surface area (Å²) in [5.41, 5.74) is -0.984. The summed E-state index contributed by atoms with van der Waals surface area (Å²) in [4.78, 5) is 20.9. The van der Waals surface area contributed by atoms with Crippen LogP contribution in [0.5, 0.6) is 0 Å². The molecule has 192 valence electrons. The molecule has 2 aromatic rings. The molecule has 0 bridgehead atoms. The normalized spacial score (nSPS) is 20.6. The maximum Gasteiger partial charge on any atom is 0.417 e. The summed E-state index contributed by atoms with van der Waals surface area (Å²) in [6.45, 7) is 2.57. The van der Waals surface area contributed by atoms with Crippen molar-refractivity contribution in [3.63, 3.8) is 0 Å². The van der Waals surface area contributed by atoms with E-state index in [0.29, 0.717) is 62.6 Å². The van der Waals surface area contributed by atoms with Gasteiger partial charge < -0.3 is 19.9 Å². The third kappa shape index (κ3) is 6.59. The number of hydrogen-bond acceptors (Lipinski definition) is 6. The molecule has 2 fully saturated rings. The van der Waals surface area contributed by atoms with Gasteiger partial charge in [-0.05, 0) is 56.0 Å². The van der Waals surface area contributed by atoms with Crippen LogP contribution in [0.1, 0.15) is 36.8 Å². The Morgan fingerprint density at radius 2 is 1.86 bits per heavy atom. The number of nitrogens with one attached hydrogen (secondary N) is 1. The molecule has 1 aliphatic carbocycles. The molecule has 7 nitrogen and oxygen atoms in total. The minimum Gasteiger partial charge on any atom is -0.382 e. The van der Waals surface area contributed by atoms with Crippen LogP contribution in [-0.4, -0.2) is 60.7 Å². The van der Waals surface area contributed by atoms with E-state index in [1.807, 2.05) is 6.07 Å². The van der Waals surface area contributed by atoms with Gasteiger partial charge in [0.05, 0.1) is 28.3 Å². The van der Waals surface area contributed by atoms with Crippen LogP contribution in [0, 0.1) is 11.3 Å². The number of hydrogen-bond donors (Lipinski definition) is 1. The Hall–Kier alpha value is -3.03. The van der Waals surface area contributed by atoms with Crippen LogP contribution in [0.4, 0.5) is 24.7 Å². The van der Waals surface area contributed by atoms with Crippen molar-refractivity contribution < 1.29 is 22.7 Å². The van der Waals surface area contributed by atoms with Crippen molar-refractivity contribution in [1.29, 1.82) is 5.26 Å². The van der Waals surface area contributed by atoms with Crippen molar-refractivity contribution >= 4 is 29.0 Å². The Morgan fingerprint density at radius 3 is 2.47 bits per heavy atom. The zero-order chi connectivity index (χ0) is 25.7. The number of nitriles is 1. The number of piperazine rings is 1. The Labute approximate surface area is 212 Å². The van der Waals surface area contributed by atoms with Gasteiger partial charge in [0.25, 0.3) is 0 Å². The lowest BCUT2D eigenvalue weighted by atomic mass is 9.92. The van der Waals surface area contributed by atoms with E-state index >= 15 is 0 Å². The van der Waals surface area contributed by atoms with E-state index < -0.39 is 17.3 Å². The van der Waals surface area contributed by atoms with Crippen LogP contribution >= 0.6 is 11.6 Å². The second-order valence-electron chi connectivity index (χ2n) is 9.00. The fraction of sp³-hybridized carbons (Fsp3) is 0.480. The van der Waals surface area contributed by atoms with Gasteiger partial charge in [0.2, 0.25) is 5.91 Å². The molecule has 1 aromatic carbocycles. The highest BCUT2D eigenvalue weighted by molar-refractivity contribution is 6.30. The average Bonchev–Trinajstić information content (AvgIpc) is 2.88. The molecule has 11 heteroatoms. The Kier molecular flexibility index (Phi) is 8.21. The number of ether oxygens (including phenoxy) is 1. The van der Waals surface area contributed by atoms with Crippen molar-refractivity contribution in [1.82, 2.24) is 9.88 Å². The maximum atomic E-state index is 13.2. The zero-order valence-electron chi connectivity index (χ0n) is 19.6. The number of anilines is 2. The van der Waals surface area contributed by atoms with E-state index in [1.54, 1.807) is 23.2 Å². The maximum absolute atomic E-state index is 13.2. The first-order valence-corrected chi connectivity index (χ1v) is 12.2. The number of rotatable bonds is 6. The quantitative estimate of drug-likeness (QED) is 0.593. The predicted octanol–water partition coefficient (Wildman–Crippen LogP) is 4.71. The second kappa shape index (κ2) is 11.4. The monoisotopic (exact) mass is 521 g/mol. The van der Waals surface area contributed by atoms with Gasteiger partial charge >= 0.3 is 6.18 Å². The molecule has 0 unspecified atom stereocenters. The highest BCUT2D eigenvalue weighted by atomic mass is 35.5. The summed E-state index contributed by atoms with van der Waals surface area (Å²) >= 11 is 5.89. The lowest BCUT2D eigenvalue weighted by molar-refractivity contribution is -0.139. The van der Waals surface area contributed by atoms with E-state index in [2.05, 4.69) is 15.2 Å². The number of carbonyl (C=O) groups excluding carboxylic acids is 1. The lowest BCUT2D eigenvalue weighted by Crippen LogP contribution is -2.50. The summed E-state index contributed by atoms with van der Waals surface area (Å²) in [6.07, 6.45) is -0.179. The van der Waals surface area contributed by atoms with Crippen LogP contribution < -0.4 is 10.2 Å². The third-order valence-electron chi connectivity index (χ3n) is 6.60. The molecular weight excluding hydrogens is 495 g/mol. The number of carbonyl (C=O) groups is 1. The number of amides is 1. The summed E-state index contributed by atoms with van der Waals surface area (Å²) in [5, 5.41) is 12.7. The summed E-state index contributed by atoms with van der Waals surface area (Å²) < 4.78 is 45.5. The molecule has 2 aliphatic rings. The van der Waals surface area contributed by atoms with Crippen LogP contribution in [0.2, 0.25) is 5.02 Å². The fourth-order valence-electron chi connectivity index (χ4n) is 4.60. The molecular formula is C25H27ClF3N5O2. The van der Waals surface area contributed by atoms with Gasteiger partial charge in [-0.25, -0.2) is 4.98 Å². The molecule has 1 saturated carbocycles. The second-order valence-corrected chi connectivity index (χ2v) is 9.44. The van der Waals surface area contributed by atoms with E-state index in [9.17, 15) is 18.0 Å². The van der Waals surface area contributed by atoms with Crippen LogP contribution in [0.25, 0.3) is 0 Å². The van der Waals surface area contributed by atoms with Crippen LogP contribution in [-0.2, 0) is 15.7 Å². The lowest BCUT2D eigenvalue weighted by Gasteiger charge is -2.36. The Morgan fingerprint density at radius 1 is 1.14 bits per heavy atom. The summed E-state index contributed by atoms with van der Waals surface area (Å²) in [7, 11) is 0. The van der Waals surface area contributed by atoms with Crippen molar-refractivity contribution in [3.05, 3.63) is 52.7 Å². The number of halogens is 4. The van der Waals surface area contributed by atoms with Gasteiger partial charge in [-0.3, -0.25) is 4.79 Å². The molecule has 2 heterocycles. The molecule has 0 atom stereocenters. The van der Waals surface area contributed by atoms with Gasteiger partial charge in [-0.1, -0.05) is 11.6 Å². The number of alkyl halides is 3. The van der Waals surface area contributed by atoms with Crippen molar-refractivity contribution in [3.8, 4) is 6.07 Å². The van der Waals surface area contributed by atoms with Gasteiger partial charge in [0, 0.05) is 44.1 Å². The minimum atomic E-state index is -4.58. The summed E-state index contributed by atoms with van der Waals surface area (Å²) in [6, 6.07) is 8.94. The Bertz CT molecular complexity index is 1090. The summed E-state index contributed by atoms with van der Waals surface area (Å²) in [5.74, 6) is 0.792. The molecule has 0 radical (unpaired) electrons. The van der Waals surface area contributed by atoms with Crippen molar-refractivity contribution in [2.75, 3.05) is 43.0 Å². The highest BCUT2D eigenvalue weighted by Crippen LogP contribution is 2.34. The van der Waals surface area contributed by atoms with Gasteiger partial charge in [0.15, 0.2) is 0 Å². The van der Waals surface area contributed by atoms with E-state index in [0.717, 1.165) is 11.9 Å². The zero-order valence-corrected chi connectivity index (χ0v) is 20.4. The van der Waals surface area contributed by atoms with Gasteiger partial charge in [-0.2, -0.15) is 18.4 Å². The average molecular weight is 522 g/mol. The van der Waals surface area contributed by atoms with Crippen LogP contribution in [0.15, 0.2) is 36.5 Å². The smallest absolute Gasteiger partial charge is 0.382 e. The van der Waals surface area contributed by atoms with Gasteiger partial charge in [-0.15, -0.1) is 0 Å². The standard InChI is InChI=1S/C25H27ClF3N5O2/c26-18-2-8-23(31-15-18)33-9-11-34(12-10-33)24(35)16-36-21-6-4-19(5-7-21)32-20-3-1-17(14-30)22(13-20)25(27,28)29/h1-3,8,13,15,19,21,32H,4-7,9-12,16H2/t19-,21-. The molecule has 1 aromatic heterocycles.